The summed E-state index contributed by atoms with van der Waals surface area (Å²) in [5.74, 6) is -9.17. The Bertz CT molecular complexity index is 773. The molecule has 11 heteroatoms. The molecule has 0 aliphatic rings. The highest BCUT2D eigenvalue weighted by molar-refractivity contribution is 5.88. The minimum Gasteiger partial charge on any atom is -0.427 e. The number of rotatable bonds is 16. The molecule has 0 saturated carbocycles. The van der Waals surface area contributed by atoms with Gasteiger partial charge in [-0.2, -0.15) is 0 Å². The largest absolute Gasteiger partial charge is 0.446 e. The molecule has 0 aliphatic carbocycles. The molecular formula is C22H26O11. The molecule has 0 amide bonds. The van der Waals surface area contributed by atoms with Crippen molar-refractivity contribution in [2.24, 2.45) is 0 Å². The Hall–Kier alpha value is -4.12. The SMILES string of the molecule is C=COC(COCC(OC=C)(OC(=O)C=C)OC(=O)C(=C)C)(OC(=O)C=C)OC(=O)C(=C)C. The monoisotopic (exact) mass is 466 g/mol. The molecule has 0 radical (unpaired) electrons. The number of carbonyl (C=O) groups excluding carboxylic acids is 4. The van der Waals surface area contributed by atoms with Gasteiger partial charge in [-0.15, -0.1) is 0 Å². The summed E-state index contributed by atoms with van der Waals surface area (Å²) in [7, 11) is 0. The Morgan fingerprint density at radius 3 is 1.24 bits per heavy atom. The van der Waals surface area contributed by atoms with Gasteiger partial charge < -0.3 is 33.2 Å². The third-order valence-electron chi connectivity index (χ3n) is 3.12. The first-order valence-electron chi connectivity index (χ1n) is 9.03. The fourth-order valence-corrected chi connectivity index (χ4v) is 1.73. The maximum Gasteiger partial charge on any atom is 0.446 e. The summed E-state index contributed by atoms with van der Waals surface area (Å²) in [5, 5.41) is 0. The van der Waals surface area contributed by atoms with Crippen molar-refractivity contribution < 1.29 is 52.3 Å². The molecule has 0 N–H and O–H groups in total. The second-order valence-electron chi connectivity index (χ2n) is 6.02. The Morgan fingerprint density at radius 2 is 1.00 bits per heavy atom. The molecule has 0 bridgehead atoms. The van der Waals surface area contributed by atoms with Gasteiger partial charge in [-0.1, -0.05) is 39.5 Å². The zero-order chi connectivity index (χ0) is 25.7. The molecule has 0 aromatic carbocycles. The molecule has 0 aliphatic heterocycles. The van der Waals surface area contributed by atoms with Crippen LogP contribution in [0, 0.1) is 0 Å². The summed E-state index contributed by atoms with van der Waals surface area (Å²) in [6, 6.07) is 0. The van der Waals surface area contributed by atoms with Crippen LogP contribution >= 0.6 is 0 Å². The highest BCUT2D eigenvalue weighted by Crippen LogP contribution is 2.23. The average Bonchev–Trinajstić information content (AvgIpc) is 2.73. The number of ether oxygens (including phenoxy) is 7. The number of carbonyl (C=O) groups is 4. The lowest BCUT2D eigenvalue weighted by Crippen LogP contribution is -2.50. The van der Waals surface area contributed by atoms with E-state index in [0.29, 0.717) is 0 Å². The molecule has 2 atom stereocenters. The van der Waals surface area contributed by atoms with Gasteiger partial charge in [-0.25, -0.2) is 19.2 Å². The van der Waals surface area contributed by atoms with Gasteiger partial charge in [0.05, 0.1) is 12.5 Å². The molecule has 0 fully saturated rings. The van der Waals surface area contributed by atoms with E-state index in [-0.39, 0.29) is 11.1 Å². The predicted molar refractivity (Wildman–Crippen MR) is 113 cm³/mol. The molecule has 180 valence electrons. The molecule has 0 rings (SSSR count). The maximum absolute atomic E-state index is 12.1. The van der Waals surface area contributed by atoms with Crippen LogP contribution in [0.4, 0.5) is 0 Å². The lowest BCUT2D eigenvalue weighted by molar-refractivity contribution is -0.366. The van der Waals surface area contributed by atoms with Crippen molar-refractivity contribution in [2.75, 3.05) is 13.2 Å². The van der Waals surface area contributed by atoms with Gasteiger partial charge in [0.25, 0.3) is 0 Å². The van der Waals surface area contributed by atoms with Crippen molar-refractivity contribution in [3.8, 4) is 0 Å². The first-order valence-corrected chi connectivity index (χ1v) is 9.03. The van der Waals surface area contributed by atoms with Crippen molar-refractivity contribution in [3.63, 3.8) is 0 Å². The third kappa shape index (κ3) is 9.70. The highest BCUT2D eigenvalue weighted by atomic mass is 16.9. The van der Waals surface area contributed by atoms with Crippen LogP contribution in [0.5, 0.6) is 0 Å². The summed E-state index contributed by atoms with van der Waals surface area (Å²) < 4.78 is 35.6. The van der Waals surface area contributed by atoms with Crippen LogP contribution in [0.3, 0.4) is 0 Å². The van der Waals surface area contributed by atoms with Crippen LogP contribution in [0.1, 0.15) is 13.8 Å². The maximum atomic E-state index is 12.1. The number of hydrogen-bond acceptors (Lipinski definition) is 11. The van der Waals surface area contributed by atoms with Gasteiger partial charge in [0.2, 0.25) is 0 Å². The van der Waals surface area contributed by atoms with Gasteiger partial charge in [-0.05, 0) is 13.8 Å². The smallest absolute Gasteiger partial charge is 0.427 e. The Balaban J connectivity index is 6.01. The van der Waals surface area contributed by atoms with Crippen LogP contribution in [0.25, 0.3) is 0 Å². The molecule has 0 spiro atoms. The zero-order valence-electron chi connectivity index (χ0n) is 18.5. The summed E-state index contributed by atoms with van der Waals surface area (Å²) in [5.41, 5.74) is -0.136. The normalized spacial score (nSPS) is 13.4. The van der Waals surface area contributed by atoms with Crippen molar-refractivity contribution in [2.45, 2.75) is 25.8 Å². The van der Waals surface area contributed by atoms with Gasteiger partial charge in [0.1, 0.15) is 0 Å². The van der Waals surface area contributed by atoms with Crippen LogP contribution in [-0.2, 0) is 52.3 Å². The van der Waals surface area contributed by atoms with E-state index in [2.05, 4.69) is 39.5 Å². The van der Waals surface area contributed by atoms with E-state index in [0.717, 1.165) is 24.7 Å². The van der Waals surface area contributed by atoms with Crippen molar-refractivity contribution in [1.82, 2.24) is 0 Å². The van der Waals surface area contributed by atoms with Gasteiger partial charge in [0.15, 0.2) is 13.2 Å². The average molecular weight is 466 g/mol. The first-order chi connectivity index (χ1) is 15.4. The van der Waals surface area contributed by atoms with E-state index < -0.39 is 49.0 Å². The lowest BCUT2D eigenvalue weighted by atomic mass is 10.3. The van der Waals surface area contributed by atoms with Gasteiger partial charge >= 0.3 is 35.8 Å². The third-order valence-corrected chi connectivity index (χ3v) is 3.12. The number of esters is 4. The van der Waals surface area contributed by atoms with Crippen molar-refractivity contribution in [1.29, 1.82) is 0 Å². The fraction of sp³-hybridized carbons (Fsp3) is 0.273. The second-order valence-corrected chi connectivity index (χ2v) is 6.02. The van der Waals surface area contributed by atoms with E-state index in [1.54, 1.807) is 0 Å². The molecule has 0 saturated heterocycles. The summed E-state index contributed by atoms with van der Waals surface area (Å²) in [6.45, 7) is 20.9. The Labute approximate surface area is 191 Å². The van der Waals surface area contributed by atoms with E-state index in [1.807, 2.05) is 0 Å². The molecular weight excluding hydrogens is 440 g/mol. The van der Waals surface area contributed by atoms with E-state index in [4.69, 9.17) is 33.2 Å². The Morgan fingerprint density at radius 1 is 0.667 bits per heavy atom. The quantitative estimate of drug-likeness (QED) is 0.144. The zero-order valence-corrected chi connectivity index (χ0v) is 18.5. The molecule has 0 heterocycles. The van der Waals surface area contributed by atoms with Crippen LogP contribution in [-0.4, -0.2) is 49.0 Å². The molecule has 0 aromatic rings. The van der Waals surface area contributed by atoms with Crippen LogP contribution < -0.4 is 0 Å². The van der Waals surface area contributed by atoms with E-state index in [1.165, 1.54) is 13.8 Å². The topological polar surface area (TPSA) is 133 Å². The highest BCUT2D eigenvalue weighted by Gasteiger charge is 2.46. The van der Waals surface area contributed by atoms with Crippen molar-refractivity contribution >= 4 is 23.9 Å². The second kappa shape index (κ2) is 13.3. The predicted octanol–water partition coefficient (Wildman–Crippen LogP) is 2.33. The van der Waals surface area contributed by atoms with E-state index >= 15 is 0 Å². The molecule has 33 heavy (non-hydrogen) atoms. The lowest BCUT2D eigenvalue weighted by Gasteiger charge is -2.33. The minimum absolute atomic E-state index is 0.0682. The molecule has 2 unspecified atom stereocenters. The fourth-order valence-electron chi connectivity index (χ4n) is 1.73. The number of hydrogen-bond donors (Lipinski definition) is 0. The van der Waals surface area contributed by atoms with E-state index in [9.17, 15) is 19.2 Å². The van der Waals surface area contributed by atoms with Crippen LogP contribution in [0.2, 0.25) is 0 Å². The summed E-state index contributed by atoms with van der Waals surface area (Å²) >= 11 is 0. The minimum atomic E-state index is -2.51. The first kappa shape index (κ1) is 28.9. The van der Waals surface area contributed by atoms with Crippen LogP contribution in [0.15, 0.2) is 75.3 Å². The molecule has 11 nitrogen and oxygen atoms in total. The standard InChI is InChI=1S/C22H26O11/c1-9-17(23)30-21(28-11-3,32-19(25)15(5)6)13-27-14-22(29-12-4,31-18(24)10-2)33-20(26)16(7)8/h9-12H,1-5,7,13-14H2,6,8H3. The summed E-state index contributed by atoms with van der Waals surface area (Å²) in [4.78, 5) is 47.7. The summed E-state index contributed by atoms with van der Waals surface area (Å²) in [6.07, 6.45) is 3.14. The van der Waals surface area contributed by atoms with Gasteiger partial charge in [0, 0.05) is 23.3 Å². The van der Waals surface area contributed by atoms with Crippen molar-refractivity contribution in [3.05, 3.63) is 75.3 Å². The molecule has 0 aromatic heterocycles. The Kier molecular flexibility index (Phi) is 11.7. The van der Waals surface area contributed by atoms with Gasteiger partial charge in [-0.3, -0.25) is 0 Å².